The lowest BCUT2D eigenvalue weighted by Gasteiger charge is -2.41. The maximum atomic E-state index is 12.7. The molecule has 0 aliphatic carbocycles. The van der Waals surface area contributed by atoms with Gasteiger partial charge in [0.1, 0.15) is 0 Å². The largest absolute Gasteiger partial charge is 0.505 e. The Balaban J connectivity index is 0.000000632. The van der Waals surface area contributed by atoms with Crippen LogP contribution in [0.4, 0.5) is 20.2 Å². The third-order valence-electron chi connectivity index (χ3n) is 5.62. The van der Waals surface area contributed by atoms with Crippen molar-refractivity contribution in [3.05, 3.63) is 68.3 Å². The minimum absolute atomic E-state index is 0.299. The van der Waals surface area contributed by atoms with Crippen molar-refractivity contribution in [1.29, 1.82) is 0 Å². The Labute approximate surface area is 255 Å². The molecule has 2 rings (SSSR count). The van der Waals surface area contributed by atoms with Gasteiger partial charge in [0.15, 0.2) is 17.4 Å². The third-order valence-corrected chi connectivity index (χ3v) is 5.62. The summed E-state index contributed by atoms with van der Waals surface area (Å²) < 4.78 is 24.8. The number of phenols is 2. The molecule has 0 aliphatic heterocycles. The van der Waals surface area contributed by atoms with E-state index in [9.17, 15) is 29.0 Å². The molecular weight excluding hydrogens is 512 g/mol. The summed E-state index contributed by atoms with van der Waals surface area (Å²) in [5, 5.41) is 37.8. The lowest BCUT2D eigenvalue weighted by Crippen LogP contribution is -2.79. The number of aromatic hydroxyl groups is 2. The van der Waals surface area contributed by atoms with Gasteiger partial charge in [-0.2, -0.15) is 0 Å². The highest BCUT2D eigenvalue weighted by Gasteiger charge is 2.42. The lowest BCUT2D eigenvalue weighted by molar-refractivity contribution is -0.395. The standard InChI is InChI=1S/C6H3FN2O5.C6H5FO.B19/c7-4-1-3(8(11)12)2-5(6(4)10)9(13)14;7-5-3-1-2-4-6(5)8;1-11-16(10)19(17(12(2)3)13(4)5)18(14(6)7)15(8)9/h1-2,10H;1-4,8H;. The Morgan fingerprint density at radius 3 is 1.44 bits per heavy atom. The summed E-state index contributed by atoms with van der Waals surface area (Å²) >= 11 is 0. The molecule has 21 radical (unpaired) electrons. The highest BCUT2D eigenvalue weighted by Crippen LogP contribution is 2.32. The van der Waals surface area contributed by atoms with Gasteiger partial charge in [-0.3, -0.25) is 20.2 Å². The van der Waals surface area contributed by atoms with Gasteiger partial charge in [-0.1, -0.05) is 12.1 Å². The molecule has 0 amide bonds. The predicted octanol–water partition coefficient (Wildman–Crippen LogP) is -4.36. The van der Waals surface area contributed by atoms with Gasteiger partial charge >= 0.3 is 5.69 Å². The summed E-state index contributed by atoms with van der Waals surface area (Å²) in [5.74, 6) is -3.48. The Morgan fingerprint density at radius 2 is 1.15 bits per heavy atom. The van der Waals surface area contributed by atoms with Crippen LogP contribution in [0.1, 0.15) is 0 Å². The highest BCUT2D eigenvalue weighted by molar-refractivity contribution is 8.18. The summed E-state index contributed by atoms with van der Waals surface area (Å²) in [6, 6.07) is 6.48. The summed E-state index contributed by atoms with van der Waals surface area (Å²) in [7, 11) is 58.4. The highest BCUT2D eigenvalue weighted by atomic mass is 19.1. The van der Waals surface area contributed by atoms with E-state index in [1.807, 2.05) is 0 Å². The number of para-hydroxylation sites is 1. The first-order valence-electron chi connectivity index (χ1n) is 11.5. The van der Waals surface area contributed by atoms with Gasteiger partial charge in [0.2, 0.25) is 5.75 Å². The molecule has 0 fully saturated rings. The van der Waals surface area contributed by atoms with Crippen molar-refractivity contribution in [2.75, 3.05) is 0 Å². The van der Waals surface area contributed by atoms with Crippen LogP contribution in [0.2, 0.25) is 0 Å². The zero-order chi connectivity index (χ0) is 32.2. The van der Waals surface area contributed by atoms with Gasteiger partial charge in [0, 0.05) is 136 Å². The Morgan fingerprint density at radius 1 is 0.707 bits per heavy atom. The van der Waals surface area contributed by atoms with E-state index in [4.69, 9.17) is 87.6 Å². The van der Waals surface area contributed by atoms with Gasteiger partial charge in [0.05, 0.1) is 22.0 Å². The minimum atomic E-state index is -1.40. The van der Waals surface area contributed by atoms with Crippen molar-refractivity contribution in [2.24, 2.45) is 0 Å². The number of nitrogens with zero attached hydrogens (tertiary/aromatic N) is 2. The lowest BCUT2D eigenvalue weighted by atomic mass is 8.40. The monoisotopic (exact) mass is 523 g/mol. The van der Waals surface area contributed by atoms with Crippen LogP contribution in [-0.4, -0.2) is 156 Å². The maximum Gasteiger partial charge on any atom is 0.320 e. The van der Waals surface area contributed by atoms with Crippen LogP contribution in [0.5, 0.6) is 11.5 Å². The van der Waals surface area contributed by atoms with E-state index in [-0.39, 0.29) is 5.75 Å². The summed E-state index contributed by atoms with van der Waals surface area (Å²) in [6.07, 6.45) is -5.72. The molecule has 0 saturated carbocycles. The first-order chi connectivity index (χ1) is 18.9. The second-order valence-corrected chi connectivity index (χ2v) is 8.57. The van der Waals surface area contributed by atoms with Crippen LogP contribution >= 0.6 is 0 Å². The molecule has 29 heteroatoms. The number of non-ortho nitro benzene ring substituents is 1. The van der Waals surface area contributed by atoms with E-state index in [1.165, 1.54) is 25.3 Å². The van der Waals surface area contributed by atoms with Gasteiger partial charge < -0.3 is 10.2 Å². The number of halogens is 2. The second kappa shape index (κ2) is 18.5. The molecule has 2 N–H and O–H groups in total. The van der Waals surface area contributed by atoms with Crippen molar-refractivity contribution >= 4 is 147 Å². The predicted molar refractivity (Wildman–Crippen MR) is 179 cm³/mol. The summed E-state index contributed by atoms with van der Waals surface area (Å²) in [5.41, 5.74) is -1.82. The van der Waals surface area contributed by atoms with Gasteiger partial charge in [-0.05, 0) is 12.1 Å². The van der Waals surface area contributed by atoms with Crippen molar-refractivity contribution in [3.8, 4) is 11.5 Å². The fraction of sp³-hybridized carbons (Fsp3) is 0. The zero-order valence-electron chi connectivity index (χ0n) is 21.6. The molecule has 0 bridgehead atoms. The molecule has 0 spiro atoms. The van der Waals surface area contributed by atoms with Crippen LogP contribution in [0.25, 0.3) is 0 Å². The van der Waals surface area contributed by atoms with Gasteiger partial charge in [0.25, 0.3) is 5.69 Å². The second-order valence-electron chi connectivity index (χ2n) is 8.57. The Hall–Kier alpha value is -2.07. The normalized spacial score (nSPS) is 9.32. The van der Waals surface area contributed by atoms with E-state index in [0.717, 1.165) is 0 Å². The van der Waals surface area contributed by atoms with Crippen LogP contribution in [-0.2, 0) is 0 Å². The molecule has 8 nitrogen and oxygen atoms in total. The SMILES string of the molecule is O=[N+]([O-])c1cc(F)c(O)c([N+](=O)[O-])c1.Oc1ccccc1F.[B][B]B([B])B(B(B([B])[B])B([B])[B])B(B([B])[B])B([B])[B]. The number of nitro groups is 2. The van der Waals surface area contributed by atoms with Crippen LogP contribution in [0.3, 0.4) is 0 Å². The van der Waals surface area contributed by atoms with Crippen molar-refractivity contribution in [2.45, 2.75) is 0 Å². The maximum absolute atomic E-state index is 12.7. The van der Waals surface area contributed by atoms with Crippen molar-refractivity contribution in [3.63, 3.8) is 0 Å². The minimum Gasteiger partial charge on any atom is -0.505 e. The summed E-state index contributed by atoms with van der Waals surface area (Å²) in [6.45, 7) is 0. The van der Waals surface area contributed by atoms with Gasteiger partial charge in [-0.25, -0.2) is 8.78 Å². The van der Waals surface area contributed by atoms with Crippen molar-refractivity contribution in [1.82, 2.24) is 0 Å². The molecular formula is C12H8B19F2N2O6. The van der Waals surface area contributed by atoms with E-state index < -0.39 is 89.7 Å². The van der Waals surface area contributed by atoms with Crippen LogP contribution in [0.15, 0.2) is 36.4 Å². The fourth-order valence-corrected chi connectivity index (χ4v) is 3.70. The number of hydrogen-bond acceptors (Lipinski definition) is 6. The molecule has 0 unspecified atom stereocenters. The molecule has 41 heavy (non-hydrogen) atoms. The van der Waals surface area contributed by atoms with E-state index >= 15 is 0 Å². The number of hydrogen-bond donors (Lipinski definition) is 2. The molecule has 0 heterocycles. The molecule has 0 atom stereocenters. The van der Waals surface area contributed by atoms with Gasteiger partial charge in [-0.15, -0.1) is 0 Å². The summed E-state index contributed by atoms with van der Waals surface area (Å²) in [4.78, 5) is 18.3. The first kappa shape index (κ1) is 38.9. The number of benzene rings is 2. The van der Waals surface area contributed by atoms with Crippen LogP contribution < -0.4 is 0 Å². The van der Waals surface area contributed by atoms with E-state index in [2.05, 4.69) is 0 Å². The topological polar surface area (TPSA) is 127 Å². The molecule has 173 valence electrons. The molecule has 0 aliphatic rings. The van der Waals surface area contributed by atoms with E-state index in [1.54, 1.807) is 6.07 Å². The van der Waals surface area contributed by atoms with E-state index in [0.29, 0.717) is 12.1 Å². The number of nitro benzene ring substituents is 2. The average molecular weight is 520 g/mol. The van der Waals surface area contributed by atoms with Crippen LogP contribution in [0, 0.1) is 31.9 Å². The van der Waals surface area contributed by atoms with Crippen molar-refractivity contribution < 1.29 is 28.8 Å². The number of phenolic OH excluding ortho intramolecular Hbond substituents is 2. The third kappa shape index (κ3) is 12.4. The average Bonchev–Trinajstić information content (AvgIpc) is 2.86. The molecule has 0 saturated heterocycles. The Bertz CT molecular complexity index is 1080. The first-order valence-corrected chi connectivity index (χ1v) is 11.5. The quantitative estimate of drug-likeness (QED) is 0.186. The Kier molecular flexibility index (Phi) is 17.5. The number of rotatable bonds is 10. The smallest absolute Gasteiger partial charge is 0.320 e. The zero-order valence-corrected chi connectivity index (χ0v) is 21.6. The fourth-order valence-electron chi connectivity index (χ4n) is 3.70. The molecule has 2 aromatic rings. The molecule has 0 aromatic heterocycles. The molecule has 2 aromatic carbocycles.